The summed E-state index contributed by atoms with van der Waals surface area (Å²) in [6.07, 6.45) is 35.9. The number of rotatable bonds is 1. The zero-order chi connectivity index (χ0) is 21.0. The van der Waals surface area contributed by atoms with Crippen LogP contribution in [0.4, 0.5) is 0 Å². The molecule has 1 heterocycles. The molecule has 2 nitrogen and oxygen atoms in total. The molecular weight excluding hydrogens is 364 g/mol. The highest BCUT2D eigenvalue weighted by Gasteiger charge is 2.09. The Balaban J connectivity index is 1.93. The number of hydrogen-bond acceptors (Lipinski definition) is 2. The highest BCUT2D eigenvalue weighted by molar-refractivity contribution is 5.99. The number of hydrogen-bond donors (Lipinski definition) is 1. The van der Waals surface area contributed by atoms with Crippen molar-refractivity contribution in [3.63, 3.8) is 0 Å². The zero-order valence-corrected chi connectivity index (χ0v) is 20.2. The summed E-state index contributed by atoms with van der Waals surface area (Å²) < 4.78 is 0. The van der Waals surface area contributed by atoms with Gasteiger partial charge in [0.1, 0.15) is 0 Å². The zero-order valence-electron chi connectivity index (χ0n) is 20.2. The van der Waals surface area contributed by atoms with E-state index in [0.717, 1.165) is 6.54 Å². The molecule has 0 amide bonds. The van der Waals surface area contributed by atoms with E-state index in [0.29, 0.717) is 0 Å². The van der Waals surface area contributed by atoms with Crippen molar-refractivity contribution in [3.8, 4) is 0 Å². The molecule has 0 saturated heterocycles. The van der Waals surface area contributed by atoms with Crippen molar-refractivity contribution in [1.29, 1.82) is 0 Å². The predicted molar refractivity (Wildman–Crippen MR) is 134 cm³/mol. The molecule has 0 aromatic carbocycles. The van der Waals surface area contributed by atoms with Crippen LogP contribution < -0.4 is 5.43 Å². The Morgan fingerprint density at radius 1 is 0.467 bits per heavy atom. The third-order valence-corrected chi connectivity index (χ3v) is 7.08. The van der Waals surface area contributed by atoms with Gasteiger partial charge in [0, 0.05) is 6.54 Å². The molecule has 30 heavy (non-hydrogen) atoms. The van der Waals surface area contributed by atoms with Crippen LogP contribution in [-0.4, -0.2) is 12.3 Å². The second kappa shape index (κ2) is 18.9. The summed E-state index contributed by atoms with van der Waals surface area (Å²) in [5, 5.41) is 4.97. The quantitative estimate of drug-likeness (QED) is 0.452. The third kappa shape index (κ3) is 13.5. The van der Waals surface area contributed by atoms with E-state index < -0.39 is 0 Å². The van der Waals surface area contributed by atoms with Gasteiger partial charge in [0.15, 0.2) is 0 Å². The Morgan fingerprint density at radius 2 is 0.900 bits per heavy atom. The molecule has 0 aromatic heterocycles. The van der Waals surface area contributed by atoms with Crippen molar-refractivity contribution in [2.24, 2.45) is 5.10 Å². The fourth-order valence-electron chi connectivity index (χ4n) is 5.04. The van der Waals surface area contributed by atoms with E-state index >= 15 is 0 Å². The second-order valence-corrected chi connectivity index (χ2v) is 9.91. The highest BCUT2D eigenvalue weighted by Crippen LogP contribution is 2.20. The molecule has 0 saturated carbocycles. The summed E-state index contributed by atoms with van der Waals surface area (Å²) in [6, 6.07) is 0. The largest absolute Gasteiger partial charge is 0.310 e. The second-order valence-electron chi connectivity index (χ2n) is 9.91. The van der Waals surface area contributed by atoms with Crippen LogP contribution in [0.5, 0.6) is 0 Å². The van der Waals surface area contributed by atoms with Gasteiger partial charge in [-0.3, -0.25) is 0 Å². The first kappa shape index (κ1) is 25.5. The summed E-state index contributed by atoms with van der Waals surface area (Å²) >= 11 is 0. The van der Waals surface area contributed by atoms with Gasteiger partial charge >= 0.3 is 0 Å². The molecule has 0 radical (unpaired) electrons. The van der Waals surface area contributed by atoms with E-state index in [2.05, 4.69) is 11.5 Å². The van der Waals surface area contributed by atoms with Gasteiger partial charge in [0.2, 0.25) is 0 Å². The van der Waals surface area contributed by atoms with Crippen molar-refractivity contribution in [3.05, 3.63) is 11.6 Å². The van der Waals surface area contributed by atoms with Crippen LogP contribution in [0.2, 0.25) is 0 Å². The maximum Gasteiger partial charge on any atom is 0.0631 e. The SMILES string of the molecule is C1=C(C2=NNCCCCCCCCCCCC2)CCCCCCCCCCCCC1. The topological polar surface area (TPSA) is 24.4 Å². The van der Waals surface area contributed by atoms with Gasteiger partial charge in [-0.2, -0.15) is 5.10 Å². The molecule has 0 unspecified atom stereocenters. The Bertz CT molecular complexity index is 410. The minimum atomic E-state index is 1.05. The van der Waals surface area contributed by atoms with Gasteiger partial charge in [-0.1, -0.05) is 115 Å². The maximum atomic E-state index is 4.97. The molecule has 0 aromatic rings. The predicted octanol–water partition coefficient (Wildman–Crippen LogP) is 9.25. The standard InChI is InChI=1S/C28H52N2/c1-2-4-8-12-16-20-24-27(23-19-15-11-7-3-1)28-25-21-17-13-9-5-6-10-14-18-22-26-29-30-28/h23,29H,1-22,24-26H2. The molecular formula is C28H52N2. The lowest BCUT2D eigenvalue weighted by molar-refractivity contribution is 0.549. The van der Waals surface area contributed by atoms with Crippen LogP contribution >= 0.6 is 0 Å². The van der Waals surface area contributed by atoms with Crippen molar-refractivity contribution in [2.45, 2.75) is 154 Å². The Morgan fingerprint density at radius 3 is 1.47 bits per heavy atom. The number of nitrogens with zero attached hydrogens (tertiary/aromatic N) is 1. The minimum absolute atomic E-state index is 1.05. The highest BCUT2D eigenvalue weighted by atomic mass is 15.3. The van der Waals surface area contributed by atoms with E-state index in [1.807, 2.05) is 0 Å². The first-order valence-corrected chi connectivity index (χ1v) is 14.0. The number of allylic oxidation sites excluding steroid dienone is 2. The average molecular weight is 417 g/mol. The normalized spacial score (nSPS) is 24.0. The summed E-state index contributed by atoms with van der Waals surface area (Å²) in [6.45, 7) is 1.05. The van der Waals surface area contributed by atoms with Gasteiger partial charge in [-0.05, 0) is 50.5 Å². The van der Waals surface area contributed by atoms with Crippen LogP contribution in [0.3, 0.4) is 0 Å². The third-order valence-electron chi connectivity index (χ3n) is 7.08. The maximum absolute atomic E-state index is 4.97. The molecule has 1 aliphatic carbocycles. The molecule has 2 aliphatic rings. The summed E-state index contributed by atoms with van der Waals surface area (Å²) in [4.78, 5) is 0. The molecule has 0 fully saturated rings. The van der Waals surface area contributed by atoms with Crippen LogP contribution in [0.25, 0.3) is 0 Å². The van der Waals surface area contributed by atoms with E-state index in [1.54, 1.807) is 5.57 Å². The van der Waals surface area contributed by atoms with Crippen LogP contribution in [0.15, 0.2) is 16.8 Å². The van der Waals surface area contributed by atoms with E-state index in [9.17, 15) is 0 Å². The monoisotopic (exact) mass is 416 g/mol. The number of nitrogens with one attached hydrogen (secondary N) is 1. The smallest absolute Gasteiger partial charge is 0.0631 e. The van der Waals surface area contributed by atoms with E-state index in [4.69, 9.17) is 5.10 Å². The fraction of sp³-hybridized carbons (Fsp3) is 0.893. The average Bonchev–Trinajstić information content (AvgIpc) is 2.77. The van der Waals surface area contributed by atoms with Crippen molar-refractivity contribution in [1.82, 2.24) is 5.43 Å². The number of hydrazone groups is 1. The van der Waals surface area contributed by atoms with Crippen LogP contribution in [-0.2, 0) is 0 Å². The van der Waals surface area contributed by atoms with E-state index in [-0.39, 0.29) is 0 Å². The van der Waals surface area contributed by atoms with Gasteiger partial charge < -0.3 is 5.43 Å². The van der Waals surface area contributed by atoms with Crippen molar-refractivity contribution < 1.29 is 0 Å². The van der Waals surface area contributed by atoms with Crippen LogP contribution in [0, 0.1) is 0 Å². The lowest BCUT2D eigenvalue weighted by atomic mass is 9.96. The molecule has 2 rings (SSSR count). The summed E-state index contributed by atoms with van der Waals surface area (Å²) in [5.74, 6) is 0. The molecule has 0 atom stereocenters. The first-order valence-electron chi connectivity index (χ1n) is 14.0. The van der Waals surface area contributed by atoms with Gasteiger partial charge in [-0.15, -0.1) is 0 Å². The lowest BCUT2D eigenvalue weighted by Crippen LogP contribution is -2.14. The van der Waals surface area contributed by atoms with E-state index in [1.165, 1.54) is 160 Å². The Hall–Kier alpha value is -0.790. The van der Waals surface area contributed by atoms with Crippen molar-refractivity contribution >= 4 is 5.71 Å². The first-order chi connectivity index (χ1) is 15.0. The minimum Gasteiger partial charge on any atom is -0.310 e. The molecule has 174 valence electrons. The summed E-state index contributed by atoms with van der Waals surface area (Å²) in [5.41, 5.74) is 6.44. The van der Waals surface area contributed by atoms with Crippen LogP contribution in [0.1, 0.15) is 154 Å². The molecule has 1 N–H and O–H groups in total. The Kier molecular flexibility index (Phi) is 16.1. The summed E-state index contributed by atoms with van der Waals surface area (Å²) in [7, 11) is 0. The molecule has 1 aliphatic heterocycles. The van der Waals surface area contributed by atoms with Gasteiger partial charge in [0.25, 0.3) is 0 Å². The molecule has 2 heteroatoms. The van der Waals surface area contributed by atoms with Crippen molar-refractivity contribution in [2.75, 3.05) is 6.54 Å². The Labute approximate surface area is 188 Å². The fourth-order valence-corrected chi connectivity index (χ4v) is 5.04. The van der Waals surface area contributed by atoms with Gasteiger partial charge in [0.05, 0.1) is 5.71 Å². The van der Waals surface area contributed by atoms with Gasteiger partial charge in [-0.25, -0.2) is 0 Å². The molecule has 0 bridgehead atoms. The lowest BCUT2D eigenvalue weighted by Gasteiger charge is -2.13. The molecule has 0 spiro atoms.